The summed E-state index contributed by atoms with van der Waals surface area (Å²) in [5.41, 5.74) is 0. The second-order valence-electron chi connectivity index (χ2n) is 4.38. The summed E-state index contributed by atoms with van der Waals surface area (Å²) in [6.45, 7) is 4.25. The van der Waals surface area contributed by atoms with Gasteiger partial charge in [0.1, 0.15) is 0 Å². The highest BCUT2D eigenvalue weighted by atomic mass is 32.2. The van der Waals surface area contributed by atoms with Crippen LogP contribution in [-0.4, -0.2) is 23.4 Å². The Morgan fingerprint density at radius 1 is 1.11 bits per heavy atom. The summed E-state index contributed by atoms with van der Waals surface area (Å²) in [4.78, 5) is -0.100. The van der Waals surface area contributed by atoms with Crippen LogP contribution in [0.2, 0.25) is 0 Å². The van der Waals surface area contributed by atoms with Crippen LogP contribution in [0.25, 0.3) is 0 Å². The van der Waals surface area contributed by atoms with Crippen molar-refractivity contribution in [3.05, 3.63) is 24.3 Å². The van der Waals surface area contributed by atoms with E-state index in [0.29, 0.717) is 6.54 Å². The lowest BCUT2D eigenvalue weighted by Crippen LogP contribution is -2.28. The van der Waals surface area contributed by atoms with E-state index in [1.807, 2.05) is 13.8 Å². The third-order valence-electron chi connectivity index (χ3n) is 2.78. The van der Waals surface area contributed by atoms with Crippen molar-refractivity contribution in [2.75, 3.05) is 6.54 Å². The molecule has 0 aliphatic heterocycles. The van der Waals surface area contributed by atoms with Gasteiger partial charge in [0.2, 0.25) is 20.0 Å². The summed E-state index contributed by atoms with van der Waals surface area (Å²) in [6.07, 6.45) is 0.868. The maximum atomic E-state index is 11.9. The van der Waals surface area contributed by atoms with Crippen molar-refractivity contribution in [3.63, 3.8) is 0 Å². The summed E-state index contributed by atoms with van der Waals surface area (Å²) in [5.74, 6) is 0.235. The predicted octanol–water partition coefficient (Wildman–Crippen LogP) is 0.658. The van der Waals surface area contributed by atoms with E-state index >= 15 is 0 Å². The highest BCUT2D eigenvalue weighted by Gasteiger charge is 2.16. The van der Waals surface area contributed by atoms with Gasteiger partial charge < -0.3 is 0 Å². The van der Waals surface area contributed by atoms with Gasteiger partial charge in [-0.2, -0.15) is 0 Å². The van der Waals surface area contributed by atoms with Gasteiger partial charge in [0.05, 0.1) is 9.79 Å². The predicted molar refractivity (Wildman–Crippen MR) is 72.5 cm³/mol. The Morgan fingerprint density at radius 3 is 2.00 bits per heavy atom. The van der Waals surface area contributed by atoms with Gasteiger partial charge in [-0.25, -0.2) is 26.7 Å². The second-order valence-corrected chi connectivity index (χ2v) is 7.71. The maximum Gasteiger partial charge on any atom is 0.240 e. The smallest absolute Gasteiger partial charge is 0.225 e. The van der Waals surface area contributed by atoms with Crippen molar-refractivity contribution < 1.29 is 16.8 Å². The zero-order chi connectivity index (χ0) is 14.7. The van der Waals surface area contributed by atoms with E-state index in [1.165, 1.54) is 24.3 Å². The van der Waals surface area contributed by atoms with Crippen LogP contribution in [0, 0.1) is 5.92 Å². The largest absolute Gasteiger partial charge is 0.240 e. The summed E-state index contributed by atoms with van der Waals surface area (Å²) in [6, 6.07) is 4.79. The van der Waals surface area contributed by atoms with Crippen LogP contribution in [0.1, 0.15) is 20.3 Å². The lowest BCUT2D eigenvalue weighted by Gasteiger charge is -2.11. The Balaban J connectivity index is 2.91. The molecule has 0 aliphatic carbocycles. The molecular formula is C11H18N2O4S2. The SMILES string of the molecule is CCC(C)CNS(=O)(=O)c1ccc(S(N)(=O)=O)cc1. The molecule has 0 radical (unpaired) electrons. The molecule has 1 aromatic rings. The topological polar surface area (TPSA) is 106 Å². The van der Waals surface area contributed by atoms with Crippen molar-refractivity contribution in [3.8, 4) is 0 Å². The fraction of sp³-hybridized carbons (Fsp3) is 0.455. The van der Waals surface area contributed by atoms with E-state index in [9.17, 15) is 16.8 Å². The van der Waals surface area contributed by atoms with Crippen LogP contribution in [0.15, 0.2) is 34.1 Å². The molecule has 1 aromatic carbocycles. The molecule has 0 heterocycles. The van der Waals surface area contributed by atoms with Crippen molar-refractivity contribution >= 4 is 20.0 Å². The number of sulfonamides is 2. The van der Waals surface area contributed by atoms with Gasteiger partial charge in [0.15, 0.2) is 0 Å². The number of nitrogens with two attached hydrogens (primary N) is 1. The molecule has 6 nitrogen and oxygen atoms in total. The molecule has 19 heavy (non-hydrogen) atoms. The van der Waals surface area contributed by atoms with Gasteiger partial charge in [0.25, 0.3) is 0 Å². The van der Waals surface area contributed by atoms with Crippen molar-refractivity contribution in [1.82, 2.24) is 4.72 Å². The standard InChI is InChI=1S/C11H18N2O4S2/c1-3-9(2)8-13-19(16,17)11-6-4-10(5-7-11)18(12,14)15/h4-7,9,13H,3,8H2,1-2H3,(H2,12,14,15). The molecular weight excluding hydrogens is 288 g/mol. The average molecular weight is 306 g/mol. The Morgan fingerprint density at radius 2 is 1.58 bits per heavy atom. The molecule has 0 aromatic heterocycles. The molecule has 0 amide bonds. The second kappa shape index (κ2) is 6.00. The Labute approximate surface area is 114 Å². The first-order valence-electron chi connectivity index (χ1n) is 5.79. The van der Waals surface area contributed by atoms with Crippen molar-refractivity contribution in [2.24, 2.45) is 11.1 Å². The minimum Gasteiger partial charge on any atom is -0.225 e. The molecule has 1 rings (SSSR count). The van der Waals surface area contributed by atoms with E-state index in [-0.39, 0.29) is 15.7 Å². The fourth-order valence-corrected chi connectivity index (χ4v) is 2.97. The molecule has 1 unspecified atom stereocenters. The Kier molecular flexibility index (Phi) is 5.08. The zero-order valence-electron chi connectivity index (χ0n) is 10.8. The van der Waals surface area contributed by atoms with Crippen LogP contribution in [0.5, 0.6) is 0 Å². The summed E-state index contributed by atoms with van der Waals surface area (Å²) in [5, 5.41) is 4.94. The number of rotatable bonds is 6. The minimum atomic E-state index is -3.81. The van der Waals surface area contributed by atoms with E-state index in [2.05, 4.69) is 4.72 Å². The molecule has 0 saturated heterocycles. The van der Waals surface area contributed by atoms with Gasteiger partial charge in [-0.1, -0.05) is 20.3 Å². The first-order chi connectivity index (χ1) is 8.66. The quantitative estimate of drug-likeness (QED) is 0.805. The normalized spacial score (nSPS) is 14.3. The highest BCUT2D eigenvalue weighted by molar-refractivity contribution is 7.89. The van der Waals surface area contributed by atoms with Crippen molar-refractivity contribution in [2.45, 2.75) is 30.1 Å². The monoisotopic (exact) mass is 306 g/mol. The van der Waals surface area contributed by atoms with Gasteiger partial charge in [-0.05, 0) is 30.2 Å². The lowest BCUT2D eigenvalue weighted by atomic mass is 10.1. The molecule has 0 aliphatic rings. The molecule has 8 heteroatoms. The molecule has 0 spiro atoms. The van der Waals surface area contributed by atoms with Gasteiger partial charge in [-0.3, -0.25) is 0 Å². The van der Waals surface area contributed by atoms with Crippen molar-refractivity contribution in [1.29, 1.82) is 0 Å². The Hall–Kier alpha value is -0.960. The van der Waals surface area contributed by atoms with Crippen LogP contribution in [0.4, 0.5) is 0 Å². The van der Waals surface area contributed by atoms with E-state index in [1.54, 1.807) is 0 Å². The first-order valence-corrected chi connectivity index (χ1v) is 8.82. The molecule has 0 fully saturated rings. The highest BCUT2D eigenvalue weighted by Crippen LogP contribution is 2.13. The number of hydrogen-bond acceptors (Lipinski definition) is 4. The van der Waals surface area contributed by atoms with E-state index in [0.717, 1.165) is 6.42 Å². The van der Waals surface area contributed by atoms with E-state index < -0.39 is 20.0 Å². The third kappa shape index (κ3) is 4.57. The molecule has 0 bridgehead atoms. The summed E-state index contributed by atoms with van der Waals surface area (Å²) >= 11 is 0. The van der Waals surface area contributed by atoms with Gasteiger partial charge >= 0.3 is 0 Å². The van der Waals surface area contributed by atoms with Crippen LogP contribution < -0.4 is 9.86 Å². The fourth-order valence-electron chi connectivity index (χ4n) is 1.29. The minimum absolute atomic E-state index is 0.0169. The number of benzene rings is 1. The molecule has 1 atom stereocenters. The van der Waals surface area contributed by atoms with Gasteiger partial charge in [-0.15, -0.1) is 0 Å². The van der Waals surface area contributed by atoms with E-state index in [4.69, 9.17) is 5.14 Å². The third-order valence-corrected chi connectivity index (χ3v) is 5.15. The Bertz CT molecular complexity index is 621. The van der Waals surface area contributed by atoms with Crippen LogP contribution in [0.3, 0.4) is 0 Å². The zero-order valence-corrected chi connectivity index (χ0v) is 12.5. The first kappa shape index (κ1) is 16.1. The molecule has 3 N–H and O–H groups in total. The lowest BCUT2D eigenvalue weighted by molar-refractivity contribution is 0.528. The van der Waals surface area contributed by atoms with Gasteiger partial charge in [0, 0.05) is 6.54 Å². The summed E-state index contributed by atoms with van der Waals surface area (Å²) < 4.78 is 48.4. The maximum absolute atomic E-state index is 11.9. The number of nitrogens with one attached hydrogen (secondary N) is 1. The molecule has 0 saturated carbocycles. The van der Waals surface area contributed by atoms with Crippen LogP contribution in [-0.2, 0) is 20.0 Å². The van der Waals surface area contributed by atoms with Crippen LogP contribution >= 0.6 is 0 Å². The average Bonchev–Trinajstić information content (AvgIpc) is 2.35. The summed E-state index contributed by atoms with van der Waals surface area (Å²) in [7, 11) is -7.42. The number of hydrogen-bond donors (Lipinski definition) is 2. The number of primary sulfonamides is 1. The molecule has 108 valence electrons.